The van der Waals surface area contributed by atoms with Gasteiger partial charge in [0.05, 0.1) is 0 Å². The molecule has 21 heavy (non-hydrogen) atoms. The minimum atomic E-state index is -0.219. The molecular formula is C12H13ClN6OS. The molecule has 1 fully saturated rings. The molecule has 2 aromatic rings. The molecule has 0 spiro atoms. The molecule has 0 amide bonds. The molecule has 0 bridgehead atoms. The summed E-state index contributed by atoms with van der Waals surface area (Å²) in [4.78, 5) is 32.7. The van der Waals surface area contributed by atoms with E-state index in [1.54, 1.807) is 0 Å². The molecule has 2 aromatic heterocycles. The van der Waals surface area contributed by atoms with Crippen molar-refractivity contribution in [3.05, 3.63) is 27.9 Å². The van der Waals surface area contributed by atoms with Crippen molar-refractivity contribution in [3.8, 4) is 0 Å². The summed E-state index contributed by atoms with van der Waals surface area (Å²) >= 11 is 7.13. The predicted octanol–water partition coefficient (Wildman–Crippen LogP) is 1.75. The van der Waals surface area contributed by atoms with Crippen molar-refractivity contribution in [1.29, 1.82) is 0 Å². The van der Waals surface area contributed by atoms with Gasteiger partial charge in [0.25, 0.3) is 5.56 Å². The number of rotatable bonds is 3. The maximum atomic E-state index is 11.3. The molecule has 1 saturated heterocycles. The average Bonchev–Trinajstić information content (AvgIpc) is 2.47. The molecule has 0 atom stereocenters. The van der Waals surface area contributed by atoms with Gasteiger partial charge in [-0.2, -0.15) is 15.0 Å². The van der Waals surface area contributed by atoms with Crippen LogP contribution in [0.25, 0.3) is 0 Å². The number of aromatic nitrogens is 5. The predicted molar refractivity (Wildman–Crippen MR) is 79.9 cm³/mol. The SMILES string of the molecule is O=c1ccnc(Sc2nc(Cl)nc(N3CCCCC3)n2)[nH]1. The van der Waals surface area contributed by atoms with E-state index in [-0.39, 0.29) is 10.8 Å². The minimum Gasteiger partial charge on any atom is -0.341 e. The van der Waals surface area contributed by atoms with Crippen molar-refractivity contribution >= 4 is 29.3 Å². The molecular weight excluding hydrogens is 312 g/mol. The van der Waals surface area contributed by atoms with E-state index in [1.165, 1.54) is 18.7 Å². The zero-order valence-corrected chi connectivity index (χ0v) is 12.7. The van der Waals surface area contributed by atoms with Crippen molar-refractivity contribution in [1.82, 2.24) is 24.9 Å². The molecule has 0 aliphatic carbocycles. The third-order valence-electron chi connectivity index (χ3n) is 3.05. The fourth-order valence-corrected chi connectivity index (χ4v) is 3.00. The summed E-state index contributed by atoms with van der Waals surface area (Å²) in [7, 11) is 0. The fourth-order valence-electron chi connectivity index (χ4n) is 2.09. The largest absolute Gasteiger partial charge is 0.341 e. The summed E-state index contributed by atoms with van der Waals surface area (Å²) in [6.45, 7) is 1.84. The first-order valence-corrected chi connectivity index (χ1v) is 7.80. The Balaban J connectivity index is 1.85. The highest BCUT2D eigenvalue weighted by Crippen LogP contribution is 2.24. The number of aromatic amines is 1. The first-order chi connectivity index (χ1) is 10.2. The van der Waals surface area contributed by atoms with Gasteiger partial charge >= 0.3 is 0 Å². The monoisotopic (exact) mass is 324 g/mol. The van der Waals surface area contributed by atoms with E-state index in [4.69, 9.17) is 11.6 Å². The van der Waals surface area contributed by atoms with E-state index >= 15 is 0 Å². The van der Waals surface area contributed by atoms with Crippen LogP contribution in [-0.4, -0.2) is 38.0 Å². The van der Waals surface area contributed by atoms with Crippen molar-refractivity contribution in [2.45, 2.75) is 29.6 Å². The van der Waals surface area contributed by atoms with Crippen LogP contribution < -0.4 is 10.5 Å². The standard InChI is InChI=1S/C12H13ClN6OS/c13-9-16-10(19-6-2-1-3-7-19)18-12(17-9)21-11-14-5-4-8(20)15-11/h4-5H,1-3,6-7H2,(H,14,15,20). The molecule has 1 N–H and O–H groups in total. The lowest BCUT2D eigenvalue weighted by Gasteiger charge is -2.26. The van der Waals surface area contributed by atoms with Crippen LogP contribution in [0.4, 0.5) is 5.95 Å². The Kier molecular flexibility index (Phi) is 4.35. The smallest absolute Gasteiger partial charge is 0.251 e. The molecule has 0 saturated carbocycles. The van der Waals surface area contributed by atoms with E-state index in [2.05, 4.69) is 29.8 Å². The van der Waals surface area contributed by atoms with E-state index in [1.807, 2.05) is 0 Å². The topological polar surface area (TPSA) is 87.7 Å². The lowest BCUT2D eigenvalue weighted by molar-refractivity contribution is 0.564. The highest BCUT2D eigenvalue weighted by Gasteiger charge is 2.16. The number of H-pyrrole nitrogens is 1. The maximum Gasteiger partial charge on any atom is 0.251 e. The lowest BCUT2D eigenvalue weighted by Crippen LogP contribution is -2.31. The Hall–Kier alpha value is -1.67. The van der Waals surface area contributed by atoms with Gasteiger partial charge in [-0.3, -0.25) is 4.79 Å². The molecule has 110 valence electrons. The van der Waals surface area contributed by atoms with Gasteiger partial charge in [-0.15, -0.1) is 0 Å². The third-order valence-corrected chi connectivity index (χ3v) is 3.99. The van der Waals surface area contributed by atoms with E-state index in [9.17, 15) is 4.79 Å². The summed E-state index contributed by atoms with van der Waals surface area (Å²) in [6.07, 6.45) is 4.92. The second kappa shape index (κ2) is 6.40. The van der Waals surface area contributed by atoms with Gasteiger partial charge in [0.2, 0.25) is 16.4 Å². The normalized spacial score (nSPS) is 15.2. The van der Waals surface area contributed by atoms with Crippen molar-refractivity contribution in [3.63, 3.8) is 0 Å². The van der Waals surface area contributed by atoms with Gasteiger partial charge in [0, 0.05) is 25.4 Å². The van der Waals surface area contributed by atoms with Crippen LogP contribution in [0.2, 0.25) is 5.28 Å². The fraction of sp³-hybridized carbons (Fsp3) is 0.417. The highest BCUT2D eigenvalue weighted by molar-refractivity contribution is 7.99. The van der Waals surface area contributed by atoms with Gasteiger partial charge in [0.15, 0.2) is 5.16 Å². The molecule has 3 heterocycles. The number of nitrogens with one attached hydrogen (secondary N) is 1. The quantitative estimate of drug-likeness (QED) is 0.860. The number of hydrogen-bond acceptors (Lipinski definition) is 7. The number of halogens is 1. The molecule has 3 rings (SSSR count). The van der Waals surface area contributed by atoms with Crippen LogP contribution >= 0.6 is 23.4 Å². The maximum absolute atomic E-state index is 11.3. The van der Waals surface area contributed by atoms with Gasteiger partial charge in [-0.25, -0.2) is 4.98 Å². The van der Waals surface area contributed by atoms with Gasteiger partial charge in [-0.05, 0) is 42.6 Å². The lowest BCUT2D eigenvalue weighted by atomic mass is 10.1. The number of nitrogens with zero attached hydrogens (tertiary/aromatic N) is 5. The number of hydrogen-bond donors (Lipinski definition) is 1. The Bertz CT molecular complexity index is 687. The third kappa shape index (κ3) is 3.70. The van der Waals surface area contributed by atoms with Crippen molar-refractivity contribution < 1.29 is 0 Å². The van der Waals surface area contributed by atoms with Crippen LogP contribution in [0, 0.1) is 0 Å². The second-order valence-corrected chi connectivity index (χ2v) is 5.87. The van der Waals surface area contributed by atoms with Crippen LogP contribution in [-0.2, 0) is 0 Å². The minimum absolute atomic E-state index is 0.145. The molecule has 0 unspecified atom stereocenters. The first-order valence-electron chi connectivity index (χ1n) is 6.60. The number of anilines is 1. The summed E-state index contributed by atoms with van der Waals surface area (Å²) in [5.41, 5.74) is -0.219. The molecule has 9 heteroatoms. The zero-order valence-electron chi connectivity index (χ0n) is 11.1. The average molecular weight is 325 g/mol. The van der Waals surface area contributed by atoms with E-state index < -0.39 is 0 Å². The Labute approximate surface area is 130 Å². The van der Waals surface area contributed by atoms with Gasteiger partial charge in [0.1, 0.15) is 0 Å². The number of piperidine rings is 1. The first kappa shape index (κ1) is 14.3. The molecule has 0 aromatic carbocycles. The van der Waals surface area contributed by atoms with Crippen LogP contribution in [0.5, 0.6) is 0 Å². The molecule has 7 nitrogen and oxygen atoms in total. The van der Waals surface area contributed by atoms with Crippen molar-refractivity contribution in [2.75, 3.05) is 18.0 Å². The van der Waals surface area contributed by atoms with Crippen LogP contribution in [0.1, 0.15) is 19.3 Å². The Morgan fingerprint density at radius 2 is 2.00 bits per heavy atom. The van der Waals surface area contributed by atoms with Crippen LogP contribution in [0.15, 0.2) is 27.4 Å². The molecule has 1 aliphatic heterocycles. The zero-order chi connectivity index (χ0) is 14.7. The Morgan fingerprint density at radius 3 is 2.76 bits per heavy atom. The highest BCUT2D eigenvalue weighted by atomic mass is 35.5. The van der Waals surface area contributed by atoms with Gasteiger partial charge < -0.3 is 9.88 Å². The second-order valence-electron chi connectivity index (χ2n) is 4.58. The van der Waals surface area contributed by atoms with Gasteiger partial charge in [-0.1, -0.05) is 0 Å². The Morgan fingerprint density at radius 1 is 1.19 bits per heavy atom. The van der Waals surface area contributed by atoms with E-state index in [0.717, 1.165) is 37.7 Å². The molecule has 0 radical (unpaired) electrons. The summed E-state index contributed by atoms with van der Waals surface area (Å²) in [5.74, 6) is 0.579. The molecule has 1 aliphatic rings. The van der Waals surface area contributed by atoms with Crippen molar-refractivity contribution in [2.24, 2.45) is 0 Å². The summed E-state index contributed by atoms with van der Waals surface area (Å²) < 4.78 is 0. The summed E-state index contributed by atoms with van der Waals surface area (Å²) in [6, 6.07) is 1.35. The van der Waals surface area contributed by atoms with E-state index in [0.29, 0.717) is 16.3 Å². The van der Waals surface area contributed by atoms with Crippen LogP contribution in [0.3, 0.4) is 0 Å². The summed E-state index contributed by atoms with van der Waals surface area (Å²) in [5, 5.41) is 0.991.